The molecule has 0 aromatic heterocycles. The van der Waals surface area contributed by atoms with E-state index in [-0.39, 0.29) is 12.2 Å². The molecule has 0 unspecified atom stereocenters. The van der Waals surface area contributed by atoms with Crippen LogP contribution in [-0.2, 0) is 19.9 Å². The quantitative estimate of drug-likeness (QED) is 0.698. The summed E-state index contributed by atoms with van der Waals surface area (Å²) in [5, 5.41) is 23.6. The van der Waals surface area contributed by atoms with Crippen LogP contribution in [0.3, 0.4) is 0 Å². The molecule has 0 aliphatic carbocycles. The van der Waals surface area contributed by atoms with Gasteiger partial charge in [-0.25, -0.2) is 4.79 Å². The molecule has 108 valence electrons. The van der Waals surface area contributed by atoms with Gasteiger partial charge in [0.1, 0.15) is 0 Å². The van der Waals surface area contributed by atoms with Gasteiger partial charge in [0.25, 0.3) is 5.91 Å². The minimum Gasteiger partial charge on any atom is -0.464 e. The van der Waals surface area contributed by atoms with Crippen molar-refractivity contribution in [2.45, 2.75) is 32.0 Å². The fraction of sp³-hybridized carbons (Fsp3) is 0.429. The first-order valence-corrected chi connectivity index (χ1v) is 6.29. The SMILES string of the molecule is CCOC(=O)[C@@](C)(O)[C@]1(O)C(=O)Nc2ccc(C)cc21. The molecule has 0 radical (unpaired) electrons. The Morgan fingerprint density at radius 2 is 2.15 bits per heavy atom. The lowest BCUT2D eigenvalue weighted by molar-refractivity contribution is -0.196. The number of hydrogen-bond donors (Lipinski definition) is 3. The Balaban J connectivity index is 2.57. The van der Waals surface area contributed by atoms with E-state index in [0.717, 1.165) is 12.5 Å². The van der Waals surface area contributed by atoms with E-state index >= 15 is 0 Å². The Morgan fingerprint density at radius 3 is 2.75 bits per heavy atom. The molecule has 6 heteroatoms. The topological polar surface area (TPSA) is 95.9 Å². The summed E-state index contributed by atoms with van der Waals surface area (Å²) >= 11 is 0. The zero-order valence-corrected chi connectivity index (χ0v) is 11.6. The summed E-state index contributed by atoms with van der Waals surface area (Å²) in [5.74, 6) is -1.90. The van der Waals surface area contributed by atoms with Crippen LogP contribution >= 0.6 is 0 Å². The van der Waals surface area contributed by atoms with Gasteiger partial charge in [-0.1, -0.05) is 17.7 Å². The van der Waals surface area contributed by atoms with Crippen molar-refractivity contribution >= 4 is 17.6 Å². The van der Waals surface area contributed by atoms with E-state index in [9.17, 15) is 19.8 Å². The highest BCUT2D eigenvalue weighted by molar-refractivity contribution is 6.09. The molecule has 1 aliphatic rings. The number of rotatable bonds is 3. The van der Waals surface area contributed by atoms with Gasteiger partial charge in [0.05, 0.1) is 6.61 Å². The summed E-state index contributed by atoms with van der Waals surface area (Å²) in [6, 6.07) is 4.92. The number of amides is 1. The molecule has 0 saturated heterocycles. The number of hydrogen-bond acceptors (Lipinski definition) is 5. The van der Waals surface area contributed by atoms with Crippen LogP contribution in [0.2, 0.25) is 0 Å². The fourth-order valence-electron chi connectivity index (χ4n) is 2.30. The summed E-state index contributed by atoms with van der Waals surface area (Å²) in [4.78, 5) is 24.0. The van der Waals surface area contributed by atoms with Crippen LogP contribution < -0.4 is 5.32 Å². The van der Waals surface area contributed by atoms with Crippen LogP contribution in [0.4, 0.5) is 5.69 Å². The molecule has 0 spiro atoms. The van der Waals surface area contributed by atoms with Gasteiger partial charge in [0.15, 0.2) is 0 Å². The third-order valence-electron chi connectivity index (χ3n) is 3.52. The van der Waals surface area contributed by atoms with Crippen molar-refractivity contribution in [1.82, 2.24) is 0 Å². The van der Waals surface area contributed by atoms with Gasteiger partial charge < -0.3 is 20.3 Å². The average molecular weight is 279 g/mol. The van der Waals surface area contributed by atoms with Gasteiger partial charge in [0.2, 0.25) is 11.2 Å². The molecule has 1 aliphatic heterocycles. The molecule has 0 saturated carbocycles. The maximum atomic E-state index is 12.1. The van der Waals surface area contributed by atoms with Crippen molar-refractivity contribution in [3.63, 3.8) is 0 Å². The van der Waals surface area contributed by atoms with Crippen molar-refractivity contribution in [1.29, 1.82) is 0 Å². The fourth-order valence-corrected chi connectivity index (χ4v) is 2.30. The molecule has 1 aromatic carbocycles. The second-order valence-corrected chi connectivity index (χ2v) is 5.01. The van der Waals surface area contributed by atoms with Gasteiger partial charge in [-0.15, -0.1) is 0 Å². The van der Waals surface area contributed by atoms with Gasteiger partial charge in [-0.05, 0) is 26.8 Å². The van der Waals surface area contributed by atoms with E-state index in [1.165, 1.54) is 0 Å². The molecule has 1 heterocycles. The summed E-state index contributed by atoms with van der Waals surface area (Å²) in [6.07, 6.45) is 0. The Labute approximate surface area is 116 Å². The molecule has 1 amide bonds. The van der Waals surface area contributed by atoms with Crippen LogP contribution in [0.15, 0.2) is 18.2 Å². The molecule has 1 aromatic rings. The zero-order valence-electron chi connectivity index (χ0n) is 11.6. The predicted molar refractivity (Wildman–Crippen MR) is 71.0 cm³/mol. The highest BCUT2D eigenvalue weighted by atomic mass is 16.6. The van der Waals surface area contributed by atoms with Crippen LogP contribution in [0.25, 0.3) is 0 Å². The summed E-state index contributed by atoms with van der Waals surface area (Å²) in [6.45, 7) is 4.46. The van der Waals surface area contributed by atoms with E-state index in [1.807, 2.05) is 0 Å². The third kappa shape index (κ3) is 1.80. The first-order valence-electron chi connectivity index (χ1n) is 6.29. The standard InChI is InChI=1S/C14H17NO5/c1-4-20-12(17)13(3,18)14(19)9-7-8(2)5-6-10(9)15-11(14)16/h5-7,18-19H,4H2,1-3H3,(H,15,16)/t13-,14-/m1/s1. The van der Waals surface area contributed by atoms with E-state index in [4.69, 9.17) is 4.74 Å². The minimum atomic E-state index is -2.38. The summed E-state index contributed by atoms with van der Waals surface area (Å²) in [5.41, 5.74) is -3.43. The number of nitrogens with one attached hydrogen (secondary N) is 1. The van der Waals surface area contributed by atoms with Crippen LogP contribution in [0, 0.1) is 6.92 Å². The number of aliphatic hydroxyl groups is 2. The second-order valence-electron chi connectivity index (χ2n) is 5.01. The van der Waals surface area contributed by atoms with Gasteiger partial charge >= 0.3 is 5.97 Å². The molecule has 3 N–H and O–H groups in total. The predicted octanol–water partition coefficient (Wildman–Crippen LogP) is 0.449. The molecule has 2 atom stereocenters. The minimum absolute atomic E-state index is 0.0351. The number of fused-ring (bicyclic) bond motifs is 1. The number of carbonyl (C=O) groups is 2. The summed E-state index contributed by atoms with van der Waals surface area (Å²) < 4.78 is 4.75. The summed E-state index contributed by atoms with van der Waals surface area (Å²) in [7, 11) is 0. The van der Waals surface area contributed by atoms with E-state index < -0.39 is 23.1 Å². The first-order chi connectivity index (χ1) is 9.25. The number of anilines is 1. The second kappa shape index (κ2) is 4.57. The van der Waals surface area contributed by atoms with Crippen LogP contribution in [0.5, 0.6) is 0 Å². The van der Waals surface area contributed by atoms with E-state index in [2.05, 4.69) is 5.32 Å². The smallest absolute Gasteiger partial charge is 0.341 e. The van der Waals surface area contributed by atoms with Crippen molar-refractivity contribution in [2.75, 3.05) is 11.9 Å². The van der Waals surface area contributed by atoms with Gasteiger partial charge in [-0.2, -0.15) is 0 Å². The number of esters is 1. The van der Waals surface area contributed by atoms with Crippen molar-refractivity contribution in [3.8, 4) is 0 Å². The zero-order chi connectivity index (χ0) is 15.1. The lowest BCUT2D eigenvalue weighted by Gasteiger charge is -2.34. The number of benzene rings is 1. The lowest BCUT2D eigenvalue weighted by atomic mass is 9.79. The van der Waals surface area contributed by atoms with Crippen molar-refractivity contribution in [3.05, 3.63) is 29.3 Å². The molecule has 2 rings (SSSR count). The van der Waals surface area contributed by atoms with E-state index in [1.54, 1.807) is 32.0 Å². The molecule has 0 bridgehead atoms. The number of ether oxygens (including phenoxy) is 1. The molecular formula is C14H17NO5. The van der Waals surface area contributed by atoms with Crippen molar-refractivity contribution < 1.29 is 24.5 Å². The highest BCUT2D eigenvalue weighted by Crippen LogP contribution is 2.43. The Morgan fingerprint density at radius 1 is 1.50 bits per heavy atom. The van der Waals surface area contributed by atoms with Crippen molar-refractivity contribution in [2.24, 2.45) is 0 Å². The van der Waals surface area contributed by atoms with E-state index in [0.29, 0.717) is 5.69 Å². The average Bonchev–Trinajstić information content (AvgIpc) is 2.64. The Bertz CT molecular complexity index is 581. The molecular weight excluding hydrogens is 262 g/mol. The first kappa shape index (κ1) is 14.5. The van der Waals surface area contributed by atoms with Gasteiger partial charge in [-0.3, -0.25) is 4.79 Å². The number of aryl methyl sites for hydroxylation is 1. The molecule has 6 nitrogen and oxygen atoms in total. The maximum Gasteiger partial charge on any atom is 0.341 e. The Hall–Kier alpha value is -1.92. The Kier molecular flexibility index (Phi) is 3.31. The lowest BCUT2D eigenvalue weighted by Crippen LogP contribution is -2.59. The normalized spacial score (nSPS) is 23.8. The monoisotopic (exact) mass is 279 g/mol. The number of carbonyl (C=O) groups excluding carboxylic acids is 2. The van der Waals surface area contributed by atoms with Crippen LogP contribution in [-0.4, -0.2) is 34.3 Å². The largest absolute Gasteiger partial charge is 0.464 e. The van der Waals surface area contributed by atoms with Crippen LogP contribution in [0.1, 0.15) is 25.0 Å². The molecule has 20 heavy (non-hydrogen) atoms. The third-order valence-corrected chi connectivity index (χ3v) is 3.52. The maximum absolute atomic E-state index is 12.1. The highest BCUT2D eigenvalue weighted by Gasteiger charge is 2.62. The van der Waals surface area contributed by atoms with Gasteiger partial charge in [0, 0.05) is 11.3 Å². The molecule has 0 fully saturated rings.